The molecule has 0 amide bonds. The van der Waals surface area contributed by atoms with E-state index in [1.807, 2.05) is 31.0 Å². The molecule has 1 unspecified atom stereocenters. The summed E-state index contributed by atoms with van der Waals surface area (Å²) in [6, 6.07) is 11.1. The molecular formula is C19H27BrN6. The maximum atomic E-state index is 4.46. The molecule has 1 saturated heterocycles. The van der Waals surface area contributed by atoms with Crippen LogP contribution in [0.1, 0.15) is 24.2 Å². The Morgan fingerprint density at radius 2 is 1.88 bits per heavy atom. The molecule has 1 atom stereocenters. The second kappa shape index (κ2) is 8.68. The molecule has 1 aliphatic heterocycles. The van der Waals surface area contributed by atoms with Gasteiger partial charge in [-0.15, -0.1) is 0 Å². The summed E-state index contributed by atoms with van der Waals surface area (Å²) in [4.78, 5) is 9.33. The van der Waals surface area contributed by atoms with Gasteiger partial charge in [-0.2, -0.15) is 5.10 Å². The Bertz CT molecular complexity index is 731. The van der Waals surface area contributed by atoms with Crippen LogP contribution in [0.2, 0.25) is 0 Å². The predicted molar refractivity (Wildman–Crippen MR) is 109 cm³/mol. The van der Waals surface area contributed by atoms with Crippen molar-refractivity contribution in [2.75, 3.05) is 33.2 Å². The van der Waals surface area contributed by atoms with Crippen LogP contribution < -0.4 is 5.32 Å². The van der Waals surface area contributed by atoms with Crippen molar-refractivity contribution in [3.63, 3.8) is 0 Å². The third-order valence-corrected chi connectivity index (χ3v) is 5.60. The van der Waals surface area contributed by atoms with Crippen LogP contribution in [0.3, 0.4) is 0 Å². The molecule has 0 spiro atoms. The number of rotatable bonds is 4. The molecule has 140 valence electrons. The SMILES string of the molecule is CN=C(NCc1ccnn1C)N1CCN(C(C)c2ccc(Br)cc2)CC1. The second-order valence-corrected chi connectivity index (χ2v) is 7.51. The van der Waals surface area contributed by atoms with Crippen LogP contribution in [0.15, 0.2) is 46.0 Å². The van der Waals surface area contributed by atoms with E-state index in [1.54, 1.807) is 0 Å². The molecule has 7 heteroatoms. The Morgan fingerprint density at radius 3 is 2.46 bits per heavy atom. The number of benzene rings is 1. The number of aryl methyl sites for hydroxylation is 1. The van der Waals surface area contributed by atoms with Crippen molar-refractivity contribution in [2.24, 2.45) is 12.0 Å². The summed E-state index contributed by atoms with van der Waals surface area (Å²) in [6.45, 7) is 7.04. The number of hydrogen-bond donors (Lipinski definition) is 1. The van der Waals surface area contributed by atoms with E-state index in [-0.39, 0.29) is 0 Å². The molecule has 1 aromatic heterocycles. The summed E-state index contributed by atoms with van der Waals surface area (Å²) in [5.41, 5.74) is 2.51. The van der Waals surface area contributed by atoms with Gasteiger partial charge in [-0.3, -0.25) is 14.6 Å². The first-order valence-electron chi connectivity index (χ1n) is 9.00. The molecule has 2 heterocycles. The molecule has 26 heavy (non-hydrogen) atoms. The lowest BCUT2D eigenvalue weighted by atomic mass is 10.1. The largest absolute Gasteiger partial charge is 0.351 e. The lowest BCUT2D eigenvalue weighted by Gasteiger charge is -2.39. The molecule has 0 saturated carbocycles. The molecule has 2 aromatic rings. The topological polar surface area (TPSA) is 48.7 Å². The molecule has 1 N–H and O–H groups in total. The van der Waals surface area contributed by atoms with E-state index in [0.29, 0.717) is 6.04 Å². The number of halogens is 1. The van der Waals surface area contributed by atoms with E-state index in [9.17, 15) is 0 Å². The summed E-state index contributed by atoms with van der Waals surface area (Å²) in [6.07, 6.45) is 1.82. The van der Waals surface area contributed by atoms with Gasteiger partial charge in [0.2, 0.25) is 0 Å². The Labute approximate surface area is 164 Å². The molecule has 3 rings (SSSR count). The number of nitrogens with one attached hydrogen (secondary N) is 1. The fraction of sp³-hybridized carbons (Fsp3) is 0.474. The first-order chi connectivity index (χ1) is 12.6. The first-order valence-corrected chi connectivity index (χ1v) is 9.80. The van der Waals surface area contributed by atoms with Crippen molar-refractivity contribution in [3.05, 3.63) is 52.3 Å². The van der Waals surface area contributed by atoms with Crippen LogP contribution in [-0.4, -0.2) is 58.8 Å². The molecule has 0 radical (unpaired) electrons. The standard InChI is InChI=1S/C19H27BrN6/c1-15(16-4-6-17(20)7-5-16)25-10-12-26(13-11-25)19(21-2)22-14-18-8-9-23-24(18)3/h4-9,15H,10-14H2,1-3H3,(H,21,22). The fourth-order valence-electron chi connectivity index (χ4n) is 3.35. The highest BCUT2D eigenvalue weighted by molar-refractivity contribution is 9.10. The molecule has 6 nitrogen and oxygen atoms in total. The average molecular weight is 419 g/mol. The second-order valence-electron chi connectivity index (χ2n) is 6.60. The van der Waals surface area contributed by atoms with Gasteiger partial charge < -0.3 is 10.2 Å². The van der Waals surface area contributed by atoms with E-state index < -0.39 is 0 Å². The quantitative estimate of drug-likeness (QED) is 0.612. The third-order valence-electron chi connectivity index (χ3n) is 5.08. The third kappa shape index (κ3) is 4.45. The van der Waals surface area contributed by atoms with Gasteiger partial charge in [0, 0.05) is 57.0 Å². The van der Waals surface area contributed by atoms with Crippen LogP contribution in [0.4, 0.5) is 0 Å². The van der Waals surface area contributed by atoms with Crippen molar-refractivity contribution in [3.8, 4) is 0 Å². The zero-order valence-corrected chi connectivity index (χ0v) is 17.3. The van der Waals surface area contributed by atoms with Crippen molar-refractivity contribution < 1.29 is 0 Å². The number of piperazine rings is 1. The minimum Gasteiger partial charge on any atom is -0.351 e. The number of hydrogen-bond acceptors (Lipinski definition) is 3. The normalized spacial score (nSPS) is 17.4. The van der Waals surface area contributed by atoms with Crippen LogP contribution in [-0.2, 0) is 13.6 Å². The summed E-state index contributed by atoms with van der Waals surface area (Å²) in [5, 5.41) is 7.67. The highest BCUT2D eigenvalue weighted by Crippen LogP contribution is 2.23. The molecule has 1 fully saturated rings. The molecule has 1 aromatic carbocycles. The number of nitrogens with zero attached hydrogens (tertiary/aromatic N) is 5. The van der Waals surface area contributed by atoms with Gasteiger partial charge in [0.25, 0.3) is 0 Å². The summed E-state index contributed by atoms with van der Waals surface area (Å²) in [7, 11) is 3.81. The minimum atomic E-state index is 0.426. The minimum absolute atomic E-state index is 0.426. The Kier molecular flexibility index (Phi) is 6.32. The number of aromatic nitrogens is 2. The van der Waals surface area contributed by atoms with E-state index in [0.717, 1.165) is 48.8 Å². The van der Waals surface area contributed by atoms with Gasteiger partial charge in [0.1, 0.15) is 0 Å². The number of aliphatic imine (C=N–C) groups is 1. The highest BCUT2D eigenvalue weighted by Gasteiger charge is 2.23. The van der Waals surface area contributed by atoms with Gasteiger partial charge in [0.15, 0.2) is 5.96 Å². The van der Waals surface area contributed by atoms with Crippen LogP contribution >= 0.6 is 15.9 Å². The highest BCUT2D eigenvalue weighted by atomic mass is 79.9. The van der Waals surface area contributed by atoms with Crippen molar-refractivity contribution in [1.29, 1.82) is 0 Å². The zero-order valence-electron chi connectivity index (χ0n) is 15.7. The van der Waals surface area contributed by atoms with E-state index in [4.69, 9.17) is 0 Å². The van der Waals surface area contributed by atoms with Crippen molar-refractivity contribution in [1.82, 2.24) is 24.9 Å². The molecular weight excluding hydrogens is 392 g/mol. The van der Waals surface area contributed by atoms with Gasteiger partial charge >= 0.3 is 0 Å². The molecule has 0 bridgehead atoms. The van der Waals surface area contributed by atoms with E-state index in [2.05, 4.69) is 72.3 Å². The smallest absolute Gasteiger partial charge is 0.194 e. The Balaban J connectivity index is 1.53. The van der Waals surface area contributed by atoms with Gasteiger partial charge in [-0.05, 0) is 30.7 Å². The summed E-state index contributed by atoms with van der Waals surface area (Å²) >= 11 is 3.51. The van der Waals surface area contributed by atoms with Crippen LogP contribution in [0, 0.1) is 0 Å². The van der Waals surface area contributed by atoms with E-state index >= 15 is 0 Å². The van der Waals surface area contributed by atoms with Crippen LogP contribution in [0.25, 0.3) is 0 Å². The lowest BCUT2D eigenvalue weighted by Crippen LogP contribution is -2.52. The Morgan fingerprint density at radius 1 is 1.19 bits per heavy atom. The monoisotopic (exact) mass is 418 g/mol. The molecule has 1 aliphatic rings. The Hall–Kier alpha value is -1.86. The molecule has 0 aliphatic carbocycles. The predicted octanol–water partition coefficient (Wildman–Crippen LogP) is 2.64. The first kappa shape index (κ1) is 18.9. The van der Waals surface area contributed by atoms with E-state index in [1.165, 1.54) is 5.56 Å². The number of guanidine groups is 1. The maximum absolute atomic E-state index is 4.46. The summed E-state index contributed by atoms with van der Waals surface area (Å²) < 4.78 is 3.01. The fourth-order valence-corrected chi connectivity index (χ4v) is 3.61. The van der Waals surface area contributed by atoms with Crippen molar-refractivity contribution in [2.45, 2.75) is 19.5 Å². The lowest BCUT2D eigenvalue weighted by molar-refractivity contribution is 0.138. The summed E-state index contributed by atoms with van der Waals surface area (Å²) in [5.74, 6) is 0.960. The van der Waals surface area contributed by atoms with Crippen molar-refractivity contribution >= 4 is 21.9 Å². The zero-order chi connectivity index (χ0) is 18.5. The average Bonchev–Trinajstić information content (AvgIpc) is 3.08. The van der Waals surface area contributed by atoms with Gasteiger partial charge in [-0.25, -0.2) is 0 Å². The van der Waals surface area contributed by atoms with Gasteiger partial charge in [0.05, 0.1) is 12.2 Å². The van der Waals surface area contributed by atoms with Gasteiger partial charge in [-0.1, -0.05) is 28.1 Å². The van der Waals surface area contributed by atoms with Crippen LogP contribution in [0.5, 0.6) is 0 Å². The maximum Gasteiger partial charge on any atom is 0.194 e.